The van der Waals surface area contributed by atoms with Crippen LogP contribution in [0.2, 0.25) is 0 Å². The molecule has 1 aromatic carbocycles. The third-order valence-corrected chi connectivity index (χ3v) is 5.24. The molecule has 30 heavy (non-hydrogen) atoms. The van der Waals surface area contributed by atoms with E-state index < -0.39 is 24.0 Å². The van der Waals surface area contributed by atoms with E-state index in [-0.39, 0.29) is 5.97 Å². The van der Waals surface area contributed by atoms with Crippen molar-refractivity contribution in [3.8, 4) is 0 Å². The summed E-state index contributed by atoms with van der Waals surface area (Å²) in [7, 11) is 1.33. The summed E-state index contributed by atoms with van der Waals surface area (Å²) in [6.45, 7) is 9.72. The number of rotatable bonds is 4. The van der Waals surface area contributed by atoms with E-state index in [0.717, 1.165) is 22.3 Å². The summed E-state index contributed by atoms with van der Waals surface area (Å²) in [6, 6.07) is 4.17. The van der Waals surface area contributed by atoms with Gasteiger partial charge in [0.1, 0.15) is 5.76 Å². The van der Waals surface area contributed by atoms with E-state index in [1.54, 1.807) is 25.2 Å². The molecule has 1 aromatic rings. The Morgan fingerprint density at radius 1 is 1.20 bits per heavy atom. The Bertz CT molecular complexity index is 931. The summed E-state index contributed by atoms with van der Waals surface area (Å²) in [5.74, 6) is -0.359. The number of ether oxygens (including phenoxy) is 4. The van der Waals surface area contributed by atoms with Crippen LogP contribution in [0.5, 0.6) is 0 Å². The van der Waals surface area contributed by atoms with Crippen LogP contribution in [0, 0.1) is 20.8 Å². The molecule has 0 aliphatic carbocycles. The minimum Gasteiger partial charge on any atom is -0.466 e. The highest BCUT2D eigenvalue weighted by Crippen LogP contribution is 2.40. The Morgan fingerprint density at radius 3 is 2.43 bits per heavy atom. The highest BCUT2D eigenvalue weighted by Gasteiger charge is 2.39. The van der Waals surface area contributed by atoms with Crippen molar-refractivity contribution in [2.45, 2.75) is 59.0 Å². The summed E-state index contributed by atoms with van der Waals surface area (Å²) >= 11 is 0. The van der Waals surface area contributed by atoms with Crippen molar-refractivity contribution in [3.05, 3.63) is 70.0 Å². The van der Waals surface area contributed by atoms with Gasteiger partial charge in [0.2, 0.25) is 0 Å². The monoisotopic (exact) mass is 412 g/mol. The fourth-order valence-corrected chi connectivity index (χ4v) is 3.94. The predicted octanol–water partition coefficient (Wildman–Crippen LogP) is 4.29. The van der Waals surface area contributed by atoms with Crippen LogP contribution >= 0.6 is 0 Å². The lowest BCUT2D eigenvalue weighted by molar-refractivity contribution is -0.259. The van der Waals surface area contributed by atoms with Gasteiger partial charge in [-0.05, 0) is 64.0 Å². The zero-order valence-electron chi connectivity index (χ0n) is 18.3. The molecule has 1 fully saturated rings. The van der Waals surface area contributed by atoms with Crippen molar-refractivity contribution < 1.29 is 28.5 Å². The Morgan fingerprint density at radius 2 is 1.87 bits per heavy atom. The van der Waals surface area contributed by atoms with Gasteiger partial charge in [-0.1, -0.05) is 17.7 Å². The van der Waals surface area contributed by atoms with Crippen molar-refractivity contribution in [3.63, 3.8) is 0 Å². The number of carbonyl (C=O) groups is 2. The quantitative estimate of drug-likeness (QED) is 0.543. The van der Waals surface area contributed by atoms with E-state index in [9.17, 15) is 9.59 Å². The molecule has 0 amide bonds. The number of hydrogen-bond donors (Lipinski definition) is 0. The highest BCUT2D eigenvalue weighted by molar-refractivity contribution is 5.92. The number of cyclic esters (lactones) is 1. The second-order valence-corrected chi connectivity index (χ2v) is 8.10. The maximum Gasteiger partial charge on any atom is 0.339 e. The van der Waals surface area contributed by atoms with Crippen LogP contribution < -0.4 is 0 Å². The molecule has 6 heteroatoms. The van der Waals surface area contributed by atoms with Gasteiger partial charge in [-0.2, -0.15) is 0 Å². The van der Waals surface area contributed by atoms with E-state index in [4.69, 9.17) is 18.9 Å². The Kier molecular flexibility index (Phi) is 6.29. The molecule has 2 aliphatic rings. The van der Waals surface area contributed by atoms with E-state index in [1.165, 1.54) is 13.2 Å². The van der Waals surface area contributed by atoms with Crippen molar-refractivity contribution in [2.75, 3.05) is 7.11 Å². The van der Waals surface area contributed by atoms with Crippen LogP contribution in [0.15, 0.2) is 47.8 Å². The molecule has 160 valence electrons. The number of allylic oxidation sites excluding steroid dienone is 1. The molecule has 1 saturated heterocycles. The third kappa shape index (κ3) is 4.89. The minimum atomic E-state index is -0.783. The zero-order valence-corrected chi connectivity index (χ0v) is 18.3. The standard InChI is InChI=1S/C24H28O6/c1-14-9-15(2)21(16(3)10-14)23-29-18(7-8-20(25)27-6)12-24(5,30-23)13-19-11-17(4)22(26)28-19/h7-11,13,18,23H,12H2,1-6H3/b8-7-,19-13-/t18-,23-,24+/m1/s1. The molecule has 0 aromatic heterocycles. The van der Waals surface area contributed by atoms with Gasteiger partial charge in [0.25, 0.3) is 0 Å². The lowest BCUT2D eigenvalue weighted by Gasteiger charge is -2.41. The van der Waals surface area contributed by atoms with Crippen molar-refractivity contribution in [1.29, 1.82) is 0 Å². The van der Waals surface area contributed by atoms with Gasteiger partial charge in [-0.25, -0.2) is 9.59 Å². The minimum absolute atomic E-state index is 0.360. The first kappa shape index (κ1) is 22.0. The molecule has 6 nitrogen and oxygen atoms in total. The van der Waals surface area contributed by atoms with Gasteiger partial charge < -0.3 is 18.9 Å². The van der Waals surface area contributed by atoms with Crippen LogP contribution in [-0.2, 0) is 28.5 Å². The molecule has 3 rings (SSSR count). The predicted molar refractivity (Wildman–Crippen MR) is 111 cm³/mol. The molecule has 0 N–H and O–H groups in total. The summed E-state index contributed by atoms with van der Waals surface area (Å²) in [5, 5.41) is 0. The maximum absolute atomic E-state index is 11.8. The average Bonchev–Trinajstić information content (AvgIpc) is 2.94. The van der Waals surface area contributed by atoms with Gasteiger partial charge in [0.15, 0.2) is 6.29 Å². The van der Waals surface area contributed by atoms with E-state index in [1.807, 2.05) is 27.7 Å². The topological polar surface area (TPSA) is 71.1 Å². The van der Waals surface area contributed by atoms with Gasteiger partial charge in [-0.3, -0.25) is 0 Å². The number of hydrogen-bond acceptors (Lipinski definition) is 6. The van der Waals surface area contributed by atoms with E-state index in [2.05, 4.69) is 12.1 Å². The molecule has 2 aliphatic heterocycles. The Balaban J connectivity index is 1.98. The first-order chi connectivity index (χ1) is 14.1. The molecule has 0 spiro atoms. The molecule has 3 atom stereocenters. The zero-order chi connectivity index (χ0) is 22.1. The van der Waals surface area contributed by atoms with Gasteiger partial charge >= 0.3 is 11.9 Å². The van der Waals surface area contributed by atoms with Crippen LogP contribution in [0.4, 0.5) is 0 Å². The van der Waals surface area contributed by atoms with Gasteiger partial charge in [0.05, 0.1) is 18.8 Å². The lowest BCUT2D eigenvalue weighted by Crippen LogP contribution is -2.41. The average molecular weight is 412 g/mol. The van der Waals surface area contributed by atoms with Gasteiger partial charge in [-0.15, -0.1) is 0 Å². The third-order valence-electron chi connectivity index (χ3n) is 5.24. The molecular weight excluding hydrogens is 384 g/mol. The van der Waals surface area contributed by atoms with Crippen molar-refractivity contribution in [2.24, 2.45) is 0 Å². The first-order valence-corrected chi connectivity index (χ1v) is 9.91. The van der Waals surface area contributed by atoms with Crippen LogP contribution in [-0.4, -0.2) is 30.8 Å². The number of esters is 2. The summed E-state index contributed by atoms with van der Waals surface area (Å²) in [5.41, 5.74) is 4.00. The SMILES string of the molecule is COC(=O)/C=C\[C@@H]1C[C@@](C)(/C=C2/C=C(C)C(=O)O2)O[C@H](c2c(C)cc(C)cc2C)O1. The molecule has 0 bridgehead atoms. The van der Waals surface area contributed by atoms with E-state index >= 15 is 0 Å². The van der Waals surface area contributed by atoms with Crippen molar-refractivity contribution >= 4 is 11.9 Å². The van der Waals surface area contributed by atoms with E-state index in [0.29, 0.717) is 17.8 Å². The molecular formula is C24H28O6. The number of methoxy groups -OCH3 is 1. The lowest BCUT2D eigenvalue weighted by atomic mass is 9.93. The molecule has 0 radical (unpaired) electrons. The maximum atomic E-state index is 11.8. The van der Waals surface area contributed by atoms with Crippen LogP contribution in [0.25, 0.3) is 0 Å². The summed E-state index contributed by atoms with van der Waals surface area (Å²) in [6.07, 6.45) is 5.93. The normalized spacial score (nSPS) is 28.0. The second-order valence-electron chi connectivity index (χ2n) is 8.10. The summed E-state index contributed by atoms with van der Waals surface area (Å²) < 4.78 is 22.6. The Hall–Kier alpha value is -2.70. The van der Waals surface area contributed by atoms with Crippen molar-refractivity contribution in [1.82, 2.24) is 0 Å². The first-order valence-electron chi connectivity index (χ1n) is 9.91. The molecule has 0 unspecified atom stereocenters. The number of aryl methyl sites for hydroxylation is 3. The molecule has 2 heterocycles. The van der Waals surface area contributed by atoms with Crippen LogP contribution in [0.1, 0.15) is 48.8 Å². The number of benzene rings is 1. The largest absolute Gasteiger partial charge is 0.466 e. The van der Waals surface area contributed by atoms with Gasteiger partial charge in [0, 0.05) is 23.6 Å². The fraction of sp³-hybridized carbons (Fsp3) is 0.417. The fourth-order valence-electron chi connectivity index (χ4n) is 3.94. The second kappa shape index (κ2) is 8.58. The van der Waals surface area contributed by atoms with Crippen LogP contribution in [0.3, 0.4) is 0 Å². The number of carbonyl (C=O) groups excluding carboxylic acids is 2. The smallest absolute Gasteiger partial charge is 0.339 e. The highest BCUT2D eigenvalue weighted by atomic mass is 16.7. The molecule has 0 saturated carbocycles. The Labute approximate surface area is 177 Å². The summed E-state index contributed by atoms with van der Waals surface area (Å²) in [4.78, 5) is 23.3.